The van der Waals surface area contributed by atoms with Gasteiger partial charge in [0.25, 0.3) is 0 Å². The van der Waals surface area contributed by atoms with Crippen LogP contribution in [-0.4, -0.2) is 17.3 Å². The van der Waals surface area contributed by atoms with E-state index in [1.54, 1.807) is 0 Å². The van der Waals surface area contributed by atoms with Crippen LogP contribution in [0.15, 0.2) is 30.5 Å². The van der Waals surface area contributed by atoms with Gasteiger partial charge >= 0.3 is 0 Å². The molecule has 1 aliphatic rings. The van der Waals surface area contributed by atoms with Gasteiger partial charge in [-0.2, -0.15) is 0 Å². The number of hydrogen-bond acceptors (Lipinski definition) is 2. The second-order valence-corrected chi connectivity index (χ2v) is 5.03. The van der Waals surface area contributed by atoms with Gasteiger partial charge in [0.1, 0.15) is 0 Å². The molecule has 3 heteroatoms. The number of fused-ring (bicyclic) bond motifs is 1. The van der Waals surface area contributed by atoms with Crippen LogP contribution in [0.2, 0.25) is 0 Å². The van der Waals surface area contributed by atoms with Crippen molar-refractivity contribution in [2.45, 2.75) is 38.5 Å². The van der Waals surface area contributed by atoms with Gasteiger partial charge in [-0.05, 0) is 42.3 Å². The van der Waals surface area contributed by atoms with E-state index in [-0.39, 0.29) is 0 Å². The minimum Gasteiger partial charge on any atom is -0.378 e. The highest BCUT2D eigenvalue weighted by molar-refractivity contribution is 5.80. The molecule has 2 aromatic rings. The second kappa shape index (κ2) is 5.12. The number of benzene rings is 1. The summed E-state index contributed by atoms with van der Waals surface area (Å²) in [5.74, 6) is 0. The Morgan fingerprint density at radius 2 is 2.28 bits per heavy atom. The normalized spacial score (nSPS) is 19.7. The number of hydrogen-bond donors (Lipinski definition) is 1. The van der Waals surface area contributed by atoms with Gasteiger partial charge in [-0.25, -0.2) is 0 Å². The topological polar surface area (TPSA) is 40.2 Å². The zero-order valence-electron chi connectivity index (χ0n) is 10.6. The van der Waals surface area contributed by atoms with Gasteiger partial charge in [0.2, 0.25) is 0 Å². The first-order valence-corrected chi connectivity index (χ1v) is 6.76. The minimum absolute atomic E-state index is 0.458. The van der Waals surface area contributed by atoms with E-state index in [0.717, 1.165) is 19.6 Å². The summed E-state index contributed by atoms with van der Waals surface area (Å²) in [5.41, 5.74) is 8.19. The largest absolute Gasteiger partial charge is 0.378 e. The van der Waals surface area contributed by atoms with Crippen LogP contribution in [0.4, 0.5) is 0 Å². The molecular weight excluding hydrogens is 224 g/mol. The number of rotatable bonds is 4. The summed E-state index contributed by atoms with van der Waals surface area (Å²) in [6.07, 6.45) is 6.17. The summed E-state index contributed by atoms with van der Waals surface area (Å²) in [6.45, 7) is 2.57. The fraction of sp³-hybridized carbons (Fsp3) is 0.467. The zero-order valence-corrected chi connectivity index (χ0v) is 10.6. The molecule has 1 aliphatic heterocycles. The first kappa shape index (κ1) is 11.8. The van der Waals surface area contributed by atoms with E-state index >= 15 is 0 Å². The highest BCUT2D eigenvalue weighted by Crippen LogP contribution is 2.20. The maximum atomic E-state index is 5.70. The monoisotopic (exact) mass is 244 g/mol. The first-order valence-electron chi connectivity index (χ1n) is 6.76. The molecule has 0 saturated carbocycles. The predicted molar refractivity (Wildman–Crippen MR) is 73.4 cm³/mol. The van der Waals surface area contributed by atoms with Gasteiger partial charge in [0.15, 0.2) is 0 Å². The lowest BCUT2D eigenvalue weighted by Crippen LogP contribution is -2.09. The van der Waals surface area contributed by atoms with Crippen LogP contribution >= 0.6 is 0 Å². The van der Waals surface area contributed by atoms with Crippen molar-refractivity contribution in [1.82, 2.24) is 4.57 Å². The van der Waals surface area contributed by atoms with Crippen LogP contribution < -0.4 is 5.73 Å². The molecule has 0 amide bonds. The van der Waals surface area contributed by atoms with Crippen molar-refractivity contribution >= 4 is 10.9 Å². The summed E-state index contributed by atoms with van der Waals surface area (Å²) < 4.78 is 7.99. The summed E-state index contributed by atoms with van der Waals surface area (Å²) in [7, 11) is 0. The predicted octanol–water partition coefficient (Wildman–Crippen LogP) is 2.67. The lowest BCUT2D eigenvalue weighted by atomic mass is 10.1. The Kier molecular flexibility index (Phi) is 3.35. The van der Waals surface area contributed by atoms with Crippen LogP contribution in [0, 0.1) is 0 Å². The van der Waals surface area contributed by atoms with Gasteiger partial charge in [-0.1, -0.05) is 12.1 Å². The molecule has 1 aromatic heterocycles. The highest BCUT2D eigenvalue weighted by Gasteiger charge is 2.15. The molecular formula is C15H20N2O. The quantitative estimate of drug-likeness (QED) is 0.898. The fourth-order valence-corrected chi connectivity index (χ4v) is 2.71. The third-order valence-corrected chi connectivity index (χ3v) is 3.79. The van der Waals surface area contributed by atoms with Gasteiger partial charge < -0.3 is 15.0 Å². The number of aryl methyl sites for hydroxylation is 1. The average molecular weight is 244 g/mol. The molecule has 1 unspecified atom stereocenters. The van der Waals surface area contributed by atoms with Crippen molar-refractivity contribution in [3.63, 3.8) is 0 Å². The van der Waals surface area contributed by atoms with E-state index in [4.69, 9.17) is 10.5 Å². The molecule has 0 radical (unpaired) electrons. The van der Waals surface area contributed by atoms with Gasteiger partial charge in [0.05, 0.1) is 6.10 Å². The van der Waals surface area contributed by atoms with Gasteiger partial charge in [-0.3, -0.25) is 0 Å². The van der Waals surface area contributed by atoms with Crippen molar-refractivity contribution in [2.24, 2.45) is 5.73 Å². The molecule has 2 N–H and O–H groups in total. The molecule has 1 fully saturated rings. The molecule has 1 saturated heterocycles. The van der Waals surface area contributed by atoms with Crippen molar-refractivity contribution in [3.05, 3.63) is 36.0 Å². The Balaban J connectivity index is 1.78. The van der Waals surface area contributed by atoms with Gasteiger partial charge in [-0.15, -0.1) is 0 Å². The van der Waals surface area contributed by atoms with E-state index in [1.165, 1.54) is 29.3 Å². The van der Waals surface area contributed by atoms with Crippen LogP contribution in [0.3, 0.4) is 0 Å². The Bertz CT molecular complexity index is 526. The van der Waals surface area contributed by atoms with Crippen LogP contribution in [-0.2, 0) is 17.8 Å². The smallest absolute Gasteiger partial charge is 0.0593 e. The summed E-state index contributed by atoms with van der Waals surface area (Å²) in [5, 5.41) is 1.29. The Hall–Kier alpha value is -1.32. The number of nitrogens with two attached hydrogens (primary N) is 1. The van der Waals surface area contributed by atoms with Crippen LogP contribution in [0.25, 0.3) is 10.9 Å². The van der Waals surface area contributed by atoms with Gasteiger partial charge in [0, 0.05) is 31.4 Å². The Labute approximate surface area is 108 Å². The summed E-state index contributed by atoms with van der Waals surface area (Å²) in [4.78, 5) is 0. The number of nitrogens with zero attached hydrogens (tertiary/aromatic N) is 1. The average Bonchev–Trinajstić information content (AvgIpc) is 3.05. The Morgan fingerprint density at radius 3 is 3.06 bits per heavy atom. The molecule has 3 rings (SSSR count). The molecule has 96 valence electrons. The molecule has 18 heavy (non-hydrogen) atoms. The molecule has 0 bridgehead atoms. The molecule has 1 aromatic carbocycles. The summed E-state index contributed by atoms with van der Waals surface area (Å²) >= 11 is 0. The second-order valence-electron chi connectivity index (χ2n) is 5.03. The number of aromatic nitrogens is 1. The molecule has 0 aliphatic carbocycles. The van der Waals surface area contributed by atoms with E-state index in [9.17, 15) is 0 Å². The molecule has 1 atom stereocenters. The number of ether oxygens (including phenoxy) is 1. The first-order chi connectivity index (χ1) is 8.86. The van der Waals surface area contributed by atoms with Crippen molar-refractivity contribution in [2.75, 3.05) is 6.61 Å². The van der Waals surface area contributed by atoms with E-state index in [1.807, 2.05) is 0 Å². The van der Waals surface area contributed by atoms with Crippen molar-refractivity contribution in [1.29, 1.82) is 0 Å². The Morgan fingerprint density at radius 1 is 1.33 bits per heavy atom. The minimum atomic E-state index is 0.458. The molecule has 0 spiro atoms. The SMILES string of the molecule is NCc1ccc2ccn(CCC3CCCO3)c2c1. The third-order valence-electron chi connectivity index (χ3n) is 3.79. The lowest BCUT2D eigenvalue weighted by Gasteiger charge is -2.11. The van der Waals surface area contributed by atoms with E-state index in [0.29, 0.717) is 12.6 Å². The van der Waals surface area contributed by atoms with Crippen molar-refractivity contribution in [3.8, 4) is 0 Å². The molecule has 3 nitrogen and oxygen atoms in total. The van der Waals surface area contributed by atoms with E-state index < -0.39 is 0 Å². The maximum absolute atomic E-state index is 5.70. The third kappa shape index (κ3) is 2.28. The highest BCUT2D eigenvalue weighted by atomic mass is 16.5. The summed E-state index contributed by atoms with van der Waals surface area (Å²) in [6, 6.07) is 8.63. The maximum Gasteiger partial charge on any atom is 0.0593 e. The fourth-order valence-electron chi connectivity index (χ4n) is 2.71. The lowest BCUT2D eigenvalue weighted by molar-refractivity contribution is 0.101. The van der Waals surface area contributed by atoms with Crippen LogP contribution in [0.1, 0.15) is 24.8 Å². The van der Waals surface area contributed by atoms with E-state index in [2.05, 4.69) is 35.0 Å². The van der Waals surface area contributed by atoms with Crippen molar-refractivity contribution < 1.29 is 4.74 Å². The standard InChI is InChI=1S/C15H20N2O/c16-11-12-3-4-13-5-7-17(15(13)10-12)8-6-14-2-1-9-18-14/h3-5,7,10,14H,1-2,6,8-9,11,16H2. The zero-order chi connectivity index (χ0) is 12.4. The molecule has 2 heterocycles. The van der Waals surface area contributed by atoms with Crippen LogP contribution in [0.5, 0.6) is 0 Å².